The topological polar surface area (TPSA) is 86.7 Å². The monoisotopic (exact) mass is 290 g/mol. The lowest BCUT2D eigenvalue weighted by Gasteiger charge is -2.26. The summed E-state index contributed by atoms with van der Waals surface area (Å²) in [5, 5.41) is 11.4. The van der Waals surface area contributed by atoms with Crippen LogP contribution in [0.15, 0.2) is 18.2 Å². The second kappa shape index (κ2) is 5.95. The Labute approximate surface area is 122 Å². The Bertz CT molecular complexity index is 597. The van der Waals surface area contributed by atoms with E-state index in [1.807, 2.05) is 0 Å². The van der Waals surface area contributed by atoms with Gasteiger partial charge in [-0.15, -0.1) is 0 Å². The first kappa shape index (κ1) is 15.0. The number of carboxylic acid groups (broad SMARTS) is 1. The number of nitrogens with one attached hydrogen (secondary N) is 1. The van der Waals surface area contributed by atoms with E-state index in [0.29, 0.717) is 18.4 Å². The third kappa shape index (κ3) is 3.21. The number of anilines is 1. The molecular formula is C15H18N2O4. The smallest absolute Gasteiger partial charge is 0.308 e. The van der Waals surface area contributed by atoms with Crippen LogP contribution in [-0.2, 0) is 16.0 Å². The van der Waals surface area contributed by atoms with Crippen molar-refractivity contribution in [2.24, 2.45) is 5.92 Å². The normalized spacial score (nSPS) is 15.3. The van der Waals surface area contributed by atoms with Gasteiger partial charge in [0.2, 0.25) is 5.91 Å². The van der Waals surface area contributed by atoms with Crippen LogP contribution >= 0.6 is 0 Å². The number of hydrogen-bond donors (Lipinski definition) is 2. The van der Waals surface area contributed by atoms with Gasteiger partial charge >= 0.3 is 5.97 Å². The third-order valence-corrected chi connectivity index (χ3v) is 3.68. The SMILES string of the molecule is CC(CNC(=O)c1ccc2c(c1)CCC(=O)N2C)C(=O)O. The summed E-state index contributed by atoms with van der Waals surface area (Å²) in [7, 11) is 1.72. The van der Waals surface area contributed by atoms with Crippen LogP contribution in [0.2, 0.25) is 0 Å². The van der Waals surface area contributed by atoms with Crippen LogP contribution in [0.1, 0.15) is 29.3 Å². The lowest BCUT2D eigenvalue weighted by Crippen LogP contribution is -2.33. The van der Waals surface area contributed by atoms with Crippen molar-refractivity contribution in [2.75, 3.05) is 18.5 Å². The second-order valence-corrected chi connectivity index (χ2v) is 5.25. The second-order valence-electron chi connectivity index (χ2n) is 5.25. The van der Waals surface area contributed by atoms with Crippen molar-refractivity contribution >= 4 is 23.5 Å². The Morgan fingerprint density at radius 2 is 2.10 bits per heavy atom. The van der Waals surface area contributed by atoms with Gasteiger partial charge in [-0.1, -0.05) is 6.92 Å². The fourth-order valence-corrected chi connectivity index (χ4v) is 2.23. The first-order valence-electron chi connectivity index (χ1n) is 6.80. The number of benzene rings is 1. The van der Waals surface area contributed by atoms with Crippen molar-refractivity contribution in [3.8, 4) is 0 Å². The van der Waals surface area contributed by atoms with Crippen molar-refractivity contribution in [1.82, 2.24) is 5.32 Å². The molecule has 1 aliphatic heterocycles. The van der Waals surface area contributed by atoms with Gasteiger partial charge in [0.25, 0.3) is 5.91 Å². The molecule has 1 unspecified atom stereocenters. The van der Waals surface area contributed by atoms with Crippen LogP contribution in [0.3, 0.4) is 0 Å². The highest BCUT2D eigenvalue weighted by Crippen LogP contribution is 2.27. The summed E-state index contributed by atoms with van der Waals surface area (Å²) in [5.41, 5.74) is 2.26. The average Bonchev–Trinajstić information content (AvgIpc) is 2.47. The van der Waals surface area contributed by atoms with Gasteiger partial charge in [-0.25, -0.2) is 0 Å². The number of carboxylic acids is 1. The number of fused-ring (bicyclic) bond motifs is 1. The van der Waals surface area contributed by atoms with Crippen molar-refractivity contribution in [3.63, 3.8) is 0 Å². The Kier molecular flexibility index (Phi) is 4.26. The molecule has 1 atom stereocenters. The first-order valence-corrected chi connectivity index (χ1v) is 6.80. The zero-order valence-electron chi connectivity index (χ0n) is 12.0. The van der Waals surface area contributed by atoms with Gasteiger partial charge in [0.05, 0.1) is 5.92 Å². The minimum atomic E-state index is -0.944. The van der Waals surface area contributed by atoms with Gasteiger partial charge in [-0.05, 0) is 30.2 Å². The van der Waals surface area contributed by atoms with E-state index in [1.165, 1.54) is 6.92 Å². The van der Waals surface area contributed by atoms with Crippen molar-refractivity contribution in [3.05, 3.63) is 29.3 Å². The zero-order chi connectivity index (χ0) is 15.6. The fraction of sp³-hybridized carbons (Fsp3) is 0.400. The number of carbonyl (C=O) groups excluding carboxylic acids is 2. The molecule has 2 N–H and O–H groups in total. The quantitative estimate of drug-likeness (QED) is 0.867. The van der Waals surface area contributed by atoms with E-state index in [-0.39, 0.29) is 18.4 Å². The van der Waals surface area contributed by atoms with E-state index in [0.717, 1.165) is 11.3 Å². The zero-order valence-corrected chi connectivity index (χ0v) is 12.0. The number of aryl methyl sites for hydroxylation is 1. The maximum atomic E-state index is 12.0. The molecule has 21 heavy (non-hydrogen) atoms. The molecule has 1 aromatic rings. The van der Waals surface area contributed by atoms with E-state index in [9.17, 15) is 14.4 Å². The Hall–Kier alpha value is -2.37. The molecule has 1 heterocycles. The van der Waals surface area contributed by atoms with Gasteiger partial charge in [-0.2, -0.15) is 0 Å². The van der Waals surface area contributed by atoms with E-state index < -0.39 is 11.9 Å². The number of hydrogen-bond acceptors (Lipinski definition) is 3. The third-order valence-electron chi connectivity index (χ3n) is 3.68. The summed E-state index contributed by atoms with van der Waals surface area (Å²) in [5.74, 6) is -1.81. The molecule has 2 rings (SSSR count). The van der Waals surface area contributed by atoms with Crippen LogP contribution in [0.25, 0.3) is 0 Å². The molecule has 112 valence electrons. The minimum absolute atomic E-state index is 0.0648. The average molecular weight is 290 g/mol. The van der Waals surface area contributed by atoms with Gasteiger partial charge in [-0.3, -0.25) is 14.4 Å². The number of amides is 2. The molecule has 6 heteroatoms. The predicted molar refractivity (Wildman–Crippen MR) is 77.3 cm³/mol. The molecule has 1 aromatic carbocycles. The van der Waals surface area contributed by atoms with E-state index in [2.05, 4.69) is 5.32 Å². The molecule has 0 saturated heterocycles. The number of carbonyl (C=O) groups is 3. The van der Waals surface area contributed by atoms with Gasteiger partial charge < -0.3 is 15.3 Å². The molecule has 6 nitrogen and oxygen atoms in total. The lowest BCUT2D eigenvalue weighted by molar-refractivity contribution is -0.140. The highest BCUT2D eigenvalue weighted by molar-refractivity contribution is 5.99. The molecule has 0 spiro atoms. The molecule has 0 radical (unpaired) electrons. The van der Waals surface area contributed by atoms with E-state index in [1.54, 1.807) is 30.1 Å². The van der Waals surface area contributed by atoms with Crippen LogP contribution in [0.5, 0.6) is 0 Å². The molecule has 2 amide bonds. The maximum absolute atomic E-state index is 12.0. The van der Waals surface area contributed by atoms with Gasteiger partial charge in [0.1, 0.15) is 0 Å². The standard InChI is InChI=1S/C15H18N2O4/c1-9(15(20)21)8-16-14(19)11-3-5-12-10(7-11)4-6-13(18)17(12)2/h3,5,7,9H,4,6,8H2,1-2H3,(H,16,19)(H,20,21). The lowest BCUT2D eigenvalue weighted by atomic mass is 9.99. The summed E-state index contributed by atoms with van der Waals surface area (Å²) >= 11 is 0. The van der Waals surface area contributed by atoms with Crippen molar-refractivity contribution < 1.29 is 19.5 Å². The van der Waals surface area contributed by atoms with Gasteiger partial charge in [0.15, 0.2) is 0 Å². The van der Waals surface area contributed by atoms with Gasteiger partial charge in [0, 0.05) is 31.3 Å². The summed E-state index contributed by atoms with van der Waals surface area (Å²) in [4.78, 5) is 35.9. The molecule has 1 aliphatic rings. The fourth-order valence-electron chi connectivity index (χ4n) is 2.23. The van der Waals surface area contributed by atoms with E-state index in [4.69, 9.17) is 5.11 Å². The highest BCUT2D eigenvalue weighted by atomic mass is 16.4. The summed E-state index contributed by atoms with van der Waals surface area (Å²) in [6, 6.07) is 5.16. The van der Waals surface area contributed by atoms with Crippen LogP contribution < -0.4 is 10.2 Å². The maximum Gasteiger partial charge on any atom is 0.308 e. The van der Waals surface area contributed by atoms with Crippen molar-refractivity contribution in [1.29, 1.82) is 0 Å². The Morgan fingerprint density at radius 1 is 1.38 bits per heavy atom. The van der Waals surface area contributed by atoms with Crippen LogP contribution in [-0.4, -0.2) is 36.5 Å². The van der Waals surface area contributed by atoms with E-state index >= 15 is 0 Å². The van der Waals surface area contributed by atoms with Crippen LogP contribution in [0.4, 0.5) is 5.69 Å². The van der Waals surface area contributed by atoms with Crippen molar-refractivity contribution in [2.45, 2.75) is 19.8 Å². The summed E-state index contributed by atoms with van der Waals surface area (Å²) in [6.07, 6.45) is 1.05. The molecular weight excluding hydrogens is 272 g/mol. The number of rotatable bonds is 4. The molecule has 0 fully saturated rings. The largest absolute Gasteiger partial charge is 0.481 e. The first-order chi connectivity index (χ1) is 9.90. The highest BCUT2D eigenvalue weighted by Gasteiger charge is 2.22. The summed E-state index contributed by atoms with van der Waals surface area (Å²) < 4.78 is 0. The molecule has 0 bridgehead atoms. The minimum Gasteiger partial charge on any atom is -0.481 e. The molecule has 0 aliphatic carbocycles. The van der Waals surface area contributed by atoms with Crippen LogP contribution in [0, 0.1) is 5.92 Å². The number of nitrogens with zero attached hydrogens (tertiary/aromatic N) is 1. The Balaban J connectivity index is 2.10. The number of aliphatic carboxylic acids is 1. The molecule has 0 saturated carbocycles. The Morgan fingerprint density at radius 3 is 2.76 bits per heavy atom. The predicted octanol–water partition coefficient (Wildman–Crippen LogP) is 1.05. The molecule has 0 aromatic heterocycles. The summed E-state index contributed by atoms with van der Waals surface area (Å²) in [6.45, 7) is 1.62.